The van der Waals surface area contributed by atoms with Crippen molar-refractivity contribution in [3.8, 4) is 5.75 Å². The molecule has 0 saturated carbocycles. The van der Waals surface area contributed by atoms with Crippen LogP contribution in [0.25, 0.3) is 0 Å². The molecule has 1 aromatic carbocycles. The van der Waals surface area contributed by atoms with Gasteiger partial charge in [0.1, 0.15) is 23.9 Å². The van der Waals surface area contributed by atoms with Crippen LogP contribution in [0.4, 0.5) is 0 Å². The number of carbonyl (C=O) groups is 7. The van der Waals surface area contributed by atoms with E-state index in [9.17, 15) is 38.7 Å². The Kier molecular flexibility index (Phi) is 12.0. The predicted octanol–water partition coefficient (Wildman–Crippen LogP) is -3.25. The summed E-state index contributed by atoms with van der Waals surface area (Å²) in [6.45, 7) is 0.550. The van der Waals surface area contributed by atoms with Gasteiger partial charge in [-0.15, -0.1) is 0 Å². The molecular formula is C22H30N6O9. The highest BCUT2D eigenvalue weighted by Gasteiger charge is 2.30. The minimum absolute atomic E-state index is 0.0353. The van der Waals surface area contributed by atoms with E-state index < -0.39 is 72.5 Å². The molecule has 0 bridgehead atoms. The van der Waals surface area contributed by atoms with Crippen molar-refractivity contribution in [2.24, 2.45) is 11.5 Å². The predicted molar refractivity (Wildman–Crippen MR) is 126 cm³/mol. The summed E-state index contributed by atoms with van der Waals surface area (Å²) in [6, 6.07) is 1.45. The smallest absolute Gasteiger partial charge is 0.305 e. The van der Waals surface area contributed by atoms with E-state index in [1.165, 1.54) is 24.3 Å². The van der Waals surface area contributed by atoms with Crippen molar-refractivity contribution in [2.75, 3.05) is 6.54 Å². The summed E-state index contributed by atoms with van der Waals surface area (Å²) in [4.78, 5) is 83.2. The van der Waals surface area contributed by atoms with Gasteiger partial charge in [0, 0.05) is 19.8 Å². The number of primary amides is 2. The zero-order valence-electron chi connectivity index (χ0n) is 20.0. The average Bonchev–Trinajstić information content (AvgIpc) is 2.79. The lowest BCUT2D eigenvalue weighted by atomic mass is 10.0. The third-order valence-corrected chi connectivity index (χ3v) is 4.83. The van der Waals surface area contributed by atoms with Crippen LogP contribution in [0.1, 0.15) is 31.7 Å². The molecule has 0 aliphatic rings. The van der Waals surface area contributed by atoms with Gasteiger partial charge >= 0.3 is 5.97 Å². The summed E-state index contributed by atoms with van der Waals surface area (Å²) in [5, 5.41) is 27.6. The molecule has 1 aromatic rings. The Labute approximate surface area is 211 Å². The van der Waals surface area contributed by atoms with E-state index in [1.54, 1.807) is 0 Å². The Balaban J connectivity index is 3.14. The molecule has 15 heteroatoms. The van der Waals surface area contributed by atoms with E-state index in [1.807, 2.05) is 0 Å². The lowest BCUT2D eigenvalue weighted by Crippen LogP contribution is -2.57. The van der Waals surface area contributed by atoms with Gasteiger partial charge in [0.2, 0.25) is 35.4 Å². The van der Waals surface area contributed by atoms with Crippen molar-refractivity contribution in [2.45, 2.75) is 50.7 Å². The van der Waals surface area contributed by atoms with Crippen LogP contribution in [0.5, 0.6) is 5.75 Å². The van der Waals surface area contributed by atoms with Crippen molar-refractivity contribution in [3.05, 3.63) is 29.8 Å². The van der Waals surface area contributed by atoms with E-state index in [0.717, 1.165) is 6.92 Å². The van der Waals surface area contributed by atoms with Crippen LogP contribution >= 0.6 is 0 Å². The van der Waals surface area contributed by atoms with Crippen LogP contribution in [-0.4, -0.2) is 76.3 Å². The Bertz CT molecular complexity index is 1010. The van der Waals surface area contributed by atoms with Crippen LogP contribution in [0.3, 0.4) is 0 Å². The van der Waals surface area contributed by atoms with Crippen LogP contribution in [0.15, 0.2) is 24.3 Å². The number of benzene rings is 1. The van der Waals surface area contributed by atoms with Gasteiger partial charge in [-0.05, 0) is 24.1 Å². The van der Waals surface area contributed by atoms with Gasteiger partial charge in [-0.1, -0.05) is 12.1 Å². The molecule has 0 radical (unpaired) electrons. The van der Waals surface area contributed by atoms with Crippen LogP contribution in [0.2, 0.25) is 0 Å². The Morgan fingerprint density at radius 1 is 0.811 bits per heavy atom. The number of rotatable bonds is 15. The van der Waals surface area contributed by atoms with Crippen LogP contribution < -0.4 is 32.7 Å². The summed E-state index contributed by atoms with van der Waals surface area (Å²) in [7, 11) is 0. The number of aromatic hydroxyl groups is 1. The molecule has 0 aliphatic carbocycles. The molecule has 0 aliphatic heterocycles. The zero-order valence-corrected chi connectivity index (χ0v) is 20.0. The van der Waals surface area contributed by atoms with E-state index in [-0.39, 0.29) is 25.0 Å². The van der Waals surface area contributed by atoms with Gasteiger partial charge < -0.3 is 42.9 Å². The van der Waals surface area contributed by atoms with Gasteiger partial charge in [0.25, 0.3) is 0 Å². The highest BCUT2D eigenvalue weighted by atomic mass is 16.4. The molecule has 37 heavy (non-hydrogen) atoms. The minimum Gasteiger partial charge on any atom is -0.508 e. The number of hydrogen-bond acceptors (Lipinski definition) is 8. The fourth-order valence-corrected chi connectivity index (χ4v) is 3.10. The molecule has 0 saturated heterocycles. The van der Waals surface area contributed by atoms with E-state index in [4.69, 9.17) is 16.6 Å². The molecule has 0 spiro atoms. The summed E-state index contributed by atoms with van der Waals surface area (Å²) in [6.07, 6.45) is -1.53. The quantitative estimate of drug-likeness (QED) is 0.115. The largest absolute Gasteiger partial charge is 0.508 e. The topological polar surface area (TPSA) is 260 Å². The van der Waals surface area contributed by atoms with E-state index in [2.05, 4.69) is 21.3 Å². The molecule has 202 valence electrons. The number of aliphatic carboxylic acids is 1. The molecule has 1 rings (SSSR count). The average molecular weight is 523 g/mol. The maximum absolute atomic E-state index is 13.1. The second kappa shape index (κ2) is 14.7. The van der Waals surface area contributed by atoms with E-state index >= 15 is 0 Å². The number of amides is 6. The van der Waals surface area contributed by atoms with Gasteiger partial charge in [-0.3, -0.25) is 33.6 Å². The Morgan fingerprint density at radius 3 is 1.89 bits per heavy atom. The molecule has 0 heterocycles. The number of carbonyl (C=O) groups excluding carboxylic acids is 6. The van der Waals surface area contributed by atoms with Gasteiger partial charge in [-0.25, -0.2) is 0 Å². The second-order valence-electron chi connectivity index (χ2n) is 8.03. The Hall–Kier alpha value is -4.69. The summed E-state index contributed by atoms with van der Waals surface area (Å²) in [5.41, 5.74) is 10.7. The standard InChI is InChI=1S/C22H30N6O9/c1-11(29)26-16(9-19(33)34)22(37)27-14(6-7-17(23)31)21(36)28-15(20(35)25-10-18(24)32)8-12-2-4-13(30)5-3-12/h2-5,14-16,30H,6-10H2,1H3,(H2,23,31)(H2,24,32)(H,25,35)(H,26,29)(H,27,37)(H,28,36)(H,33,34)/t14-,15-,16-/m0/s1. The first-order chi connectivity index (χ1) is 17.3. The van der Waals surface area contributed by atoms with Crippen molar-refractivity contribution in [1.29, 1.82) is 0 Å². The van der Waals surface area contributed by atoms with Gasteiger partial charge in [-0.2, -0.15) is 0 Å². The first kappa shape index (κ1) is 30.3. The summed E-state index contributed by atoms with van der Waals surface area (Å²) in [5.74, 6) is -6.49. The number of nitrogens with two attached hydrogens (primary N) is 2. The maximum Gasteiger partial charge on any atom is 0.305 e. The number of phenols is 1. The molecule has 15 nitrogen and oxygen atoms in total. The van der Waals surface area contributed by atoms with Crippen molar-refractivity contribution in [1.82, 2.24) is 21.3 Å². The fourth-order valence-electron chi connectivity index (χ4n) is 3.10. The van der Waals surface area contributed by atoms with Crippen LogP contribution in [0, 0.1) is 0 Å². The third-order valence-electron chi connectivity index (χ3n) is 4.83. The monoisotopic (exact) mass is 522 g/mol. The maximum atomic E-state index is 13.1. The van der Waals surface area contributed by atoms with E-state index in [0.29, 0.717) is 5.56 Å². The van der Waals surface area contributed by atoms with Crippen molar-refractivity contribution < 1.29 is 43.8 Å². The fraction of sp³-hybridized carbons (Fsp3) is 0.409. The summed E-state index contributed by atoms with van der Waals surface area (Å²) < 4.78 is 0. The summed E-state index contributed by atoms with van der Waals surface area (Å²) >= 11 is 0. The molecule has 0 unspecified atom stereocenters. The molecule has 0 fully saturated rings. The minimum atomic E-state index is -1.52. The number of carboxylic acids is 1. The van der Waals surface area contributed by atoms with Crippen molar-refractivity contribution >= 4 is 41.4 Å². The van der Waals surface area contributed by atoms with Gasteiger partial charge in [0.05, 0.1) is 13.0 Å². The normalized spacial score (nSPS) is 12.8. The third kappa shape index (κ3) is 12.0. The molecule has 0 aromatic heterocycles. The molecule has 10 N–H and O–H groups in total. The molecule has 6 amide bonds. The molecule has 3 atom stereocenters. The first-order valence-electron chi connectivity index (χ1n) is 11.0. The molecular weight excluding hydrogens is 492 g/mol. The second-order valence-corrected chi connectivity index (χ2v) is 8.03. The highest BCUT2D eigenvalue weighted by Crippen LogP contribution is 2.12. The SMILES string of the molecule is CC(=O)N[C@@H](CC(=O)O)C(=O)N[C@@H](CCC(N)=O)C(=O)N[C@@H](Cc1ccc(O)cc1)C(=O)NCC(N)=O. The Morgan fingerprint density at radius 2 is 1.38 bits per heavy atom. The van der Waals surface area contributed by atoms with Gasteiger partial charge in [0.15, 0.2) is 0 Å². The number of hydrogen-bond donors (Lipinski definition) is 8. The van der Waals surface area contributed by atoms with Crippen LogP contribution in [-0.2, 0) is 40.0 Å². The first-order valence-corrected chi connectivity index (χ1v) is 11.0. The number of carboxylic acid groups (broad SMARTS) is 1. The lowest BCUT2D eigenvalue weighted by Gasteiger charge is -2.25. The zero-order chi connectivity index (χ0) is 28.1. The lowest BCUT2D eigenvalue weighted by molar-refractivity contribution is -0.141. The number of phenolic OH excluding ortho intramolecular Hbond substituents is 1. The van der Waals surface area contributed by atoms with Crippen molar-refractivity contribution in [3.63, 3.8) is 0 Å². The highest BCUT2D eigenvalue weighted by molar-refractivity contribution is 5.96. The number of nitrogens with one attached hydrogen (secondary N) is 4.